The zero-order valence-electron chi connectivity index (χ0n) is 13.5. The maximum atomic E-state index is 6.52. The molecule has 1 aromatic heterocycles. The van der Waals surface area contributed by atoms with E-state index in [1.807, 2.05) is 18.2 Å². The highest BCUT2D eigenvalue weighted by molar-refractivity contribution is 6.33. The largest absolute Gasteiger partial charge is 0.343 e. The molecule has 0 aliphatic rings. The Balaban J connectivity index is 2.00. The van der Waals surface area contributed by atoms with Crippen molar-refractivity contribution < 1.29 is 0 Å². The number of nitrogens with zero attached hydrogens (tertiary/aromatic N) is 1. The number of hydrogen-bond acceptors (Lipinski definition) is 0. The predicted octanol–water partition coefficient (Wildman–Crippen LogP) is 6.09. The summed E-state index contributed by atoms with van der Waals surface area (Å²) in [5, 5.41) is 2.08. The van der Waals surface area contributed by atoms with Gasteiger partial charge in [-0.05, 0) is 23.3 Å². The van der Waals surface area contributed by atoms with Crippen LogP contribution in [-0.2, 0) is 13.5 Å². The van der Waals surface area contributed by atoms with Crippen LogP contribution in [0.5, 0.6) is 0 Å². The lowest BCUT2D eigenvalue weighted by Gasteiger charge is -2.10. The molecule has 0 N–H and O–H groups in total. The van der Waals surface area contributed by atoms with Crippen LogP contribution in [0.25, 0.3) is 22.2 Å². The molecule has 0 unspecified atom stereocenters. The van der Waals surface area contributed by atoms with E-state index in [1.165, 1.54) is 27.7 Å². The van der Waals surface area contributed by atoms with Crippen molar-refractivity contribution in [3.05, 3.63) is 95.0 Å². The highest BCUT2D eigenvalue weighted by Gasteiger charge is 2.18. The van der Waals surface area contributed by atoms with E-state index < -0.39 is 0 Å². The van der Waals surface area contributed by atoms with Crippen molar-refractivity contribution in [2.75, 3.05) is 0 Å². The first-order chi connectivity index (χ1) is 11.8. The molecule has 1 heterocycles. The highest BCUT2D eigenvalue weighted by Crippen LogP contribution is 2.37. The number of rotatable bonds is 3. The van der Waals surface area contributed by atoms with Gasteiger partial charge in [0.25, 0.3) is 0 Å². The Bertz CT molecular complexity index is 999. The fourth-order valence-corrected chi connectivity index (χ4v) is 3.67. The minimum Gasteiger partial charge on any atom is -0.343 e. The van der Waals surface area contributed by atoms with Crippen LogP contribution < -0.4 is 0 Å². The molecule has 0 saturated carbocycles. The Kier molecular flexibility index (Phi) is 3.87. The molecule has 1 nitrogen and oxygen atoms in total. The standard InChI is InChI=1S/C22H18ClN/c1-24-21-14-8-6-11-17(21)19(15-16-9-3-2-4-10-16)22(24)18-12-5-7-13-20(18)23/h2-14H,15H2,1H3. The minimum absolute atomic E-state index is 0.790. The molecule has 0 saturated heterocycles. The smallest absolute Gasteiger partial charge is 0.0539 e. The molecule has 2 heteroatoms. The van der Waals surface area contributed by atoms with Crippen LogP contribution in [0, 0.1) is 0 Å². The first kappa shape index (κ1) is 15.0. The topological polar surface area (TPSA) is 4.93 Å². The van der Waals surface area contributed by atoms with E-state index in [0.717, 1.165) is 17.0 Å². The molecule has 4 rings (SSSR count). The number of aromatic nitrogens is 1. The summed E-state index contributed by atoms with van der Waals surface area (Å²) in [6, 6.07) is 27.3. The van der Waals surface area contributed by atoms with Gasteiger partial charge in [-0.25, -0.2) is 0 Å². The fraction of sp³-hybridized carbons (Fsp3) is 0.0909. The number of fused-ring (bicyclic) bond motifs is 1. The van der Waals surface area contributed by atoms with Gasteiger partial charge in [-0.3, -0.25) is 0 Å². The lowest BCUT2D eigenvalue weighted by atomic mass is 9.98. The molecule has 0 bridgehead atoms. The first-order valence-electron chi connectivity index (χ1n) is 8.11. The Morgan fingerprint density at radius 1 is 0.792 bits per heavy atom. The average molecular weight is 332 g/mol. The van der Waals surface area contributed by atoms with Crippen LogP contribution in [0.15, 0.2) is 78.9 Å². The van der Waals surface area contributed by atoms with Crippen LogP contribution >= 0.6 is 11.6 Å². The van der Waals surface area contributed by atoms with Gasteiger partial charge in [0.2, 0.25) is 0 Å². The van der Waals surface area contributed by atoms with E-state index >= 15 is 0 Å². The second kappa shape index (κ2) is 6.18. The SMILES string of the molecule is Cn1c(-c2ccccc2Cl)c(Cc2ccccc2)c2ccccc21. The second-order valence-corrected chi connectivity index (χ2v) is 6.45. The van der Waals surface area contributed by atoms with E-state index in [4.69, 9.17) is 11.6 Å². The molecule has 0 radical (unpaired) electrons. The van der Waals surface area contributed by atoms with Crippen molar-refractivity contribution in [1.82, 2.24) is 4.57 Å². The summed E-state index contributed by atoms with van der Waals surface area (Å²) in [4.78, 5) is 0. The van der Waals surface area contributed by atoms with Crippen molar-refractivity contribution >= 4 is 22.5 Å². The lowest BCUT2D eigenvalue weighted by Crippen LogP contribution is -1.96. The number of halogens is 1. The lowest BCUT2D eigenvalue weighted by molar-refractivity contribution is 0.968. The van der Waals surface area contributed by atoms with Gasteiger partial charge < -0.3 is 4.57 Å². The van der Waals surface area contributed by atoms with Crippen molar-refractivity contribution in [1.29, 1.82) is 0 Å². The van der Waals surface area contributed by atoms with Gasteiger partial charge in [-0.1, -0.05) is 78.3 Å². The van der Waals surface area contributed by atoms with Crippen molar-refractivity contribution in [2.45, 2.75) is 6.42 Å². The van der Waals surface area contributed by atoms with E-state index in [0.29, 0.717) is 0 Å². The first-order valence-corrected chi connectivity index (χ1v) is 8.48. The number of benzene rings is 3. The predicted molar refractivity (Wildman–Crippen MR) is 103 cm³/mol. The van der Waals surface area contributed by atoms with E-state index in [9.17, 15) is 0 Å². The Labute approximate surface area is 147 Å². The summed E-state index contributed by atoms with van der Waals surface area (Å²) >= 11 is 6.52. The molecule has 3 aromatic carbocycles. The van der Waals surface area contributed by atoms with Crippen LogP contribution in [0.2, 0.25) is 5.02 Å². The van der Waals surface area contributed by atoms with Gasteiger partial charge in [0.15, 0.2) is 0 Å². The van der Waals surface area contributed by atoms with Crippen molar-refractivity contribution in [3.8, 4) is 11.3 Å². The number of para-hydroxylation sites is 1. The molecule has 0 amide bonds. The van der Waals surface area contributed by atoms with Crippen molar-refractivity contribution in [3.63, 3.8) is 0 Å². The second-order valence-electron chi connectivity index (χ2n) is 6.05. The Morgan fingerprint density at radius 2 is 1.46 bits per heavy atom. The zero-order valence-corrected chi connectivity index (χ0v) is 14.3. The molecular weight excluding hydrogens is 314 g/mol. The summed E-state index contributed by atoms with van der Waals surface area (Å²) in [7, 11) is 2.12. The maximum Gasteiger partial charge on any atom is 0.0539 e. The zero-order chi connectivity index (χ0) is 16.5. The molecule has 0 spiro atoms. The summed E-state index contributed by atoms with van der Waals surface area (Å²) in [6.07, 6.45) is 0.892. The molecule has 0 fully saturated rings. The van der Waals surface area contributed by atoms with Gasteiger partial charge >= 0.3 is 0 Å². The molecule has 0 atom stereocenters. The molecule has 0 aliphatic carbocycles. The molecule has 24 heavy (non-hydrogen) atoms. The van der Waals surface area contributed by atoms with Crippen LogP contribution in [0.4, 0.5) is 0 Å². The maximum absolute atomic E-state index is 6.52. The molecular formula is C22H18ClN. The van der Waals surface area contributed by atoms with E-state index in [1.54, 1.807) is 0 Å². The van der Waals surface area contributed by atoms with Gasteiger partial charge in [0, 0.05) is 35.0 Å². The monoisotopic (exact) mass is 331 g/mol. The number of hydrogen-bond donors (Lipinski definition) is 0. The Hall–Kier alpha value is -2.51. The van der Waals surface area contributed by atoms with Crippen LogP contribution in [-0.4, -0.2) is 4.57 Å². The summed E-state index contributed by atoms with van der Waals surface area (Å²) in [5.41, 5.74) is 6.15. The summed E-state index contributed by atoms with van der Waals surface area (Å²) < 4.78 is 2.26. The summed E-state index contributed by atoms with van der Waals surface area (Å²) in [5.74, 6) is 0. The molecule has 118 valence electrons. The third-order valence-electron chi connectivity index (χ3n) is 4.56. The number of aryl methyl sites for hydroxylation is 1. The normalized spacial score (nSPS) is 11.1. The van der Waals surface area contributed by atoms with Gasteiger partial charge in [-0.2, -0.15) is 0 Å². The molecule has 4 aromatic rings. The molecule has 0 aliphatic heterocycles. The highest BCUT2D eigenvalue weighted by atomic mass is 35.5. The van der Waals surface area contributed by atoms with Crippen LogP contribution in [0.1, 0.15) is 11.1 Å². The van der Waals surface area contributed by atoms with Crippen molar-refractivity contribution in [2.24, 2.45) is 7.05 Å². The third-order valence-corrected chi connectivity index (χ3v) is 4.89. The Morgan fingerprint density at radius 3 is 2.25 bits per heavy atom. The summed E-state index contributed by atoms with van der Waals surface area (Å²) in [6.45, 7) is 0. The van der Waals surface area contributed by atoms with Gasteiger partial charge in [0.1, 0.15) is 0 Å². The van der Waals surface area contributed by atoms with Gasteiger partial charge in [-0.15, -0.1) is 0 Å². The van der Waals surface area contributed by atoms with Gasteiger partial charge in [0.05, 0.1) is 5.69 Å². The van der Waals surface area contributed by atoms with Crippen LogP contribution in [0.3, 0.4) is 0 Å². The van der Waals surface area contributed by atoms with E-state index in [-0.39, 0.29) is 0 Å². The fourth-order valence-electron chi connectivity index (χ4n) is 3.45. The van der Waals surface area contributed by atoms with E-state index in [2.05, 4.69) is 72.3 Å². The minimum atomic E-state index is 0.790. The average Bonchev–Trinajstić information content (AvgIpc) is 2.89. The third kappa shape index (κ3) is 2.51. The quantitative estimate of drug-likeness (QED) is 0.428.